The van der Waals surface area contributed by atoms with E-state index in [1.54, 1.807) is 40.7 Å². The quantitative estimate of drug-likeness (QED) is 0.583. The average Bonchev–Trinajstić information content (AvgIpc) is 3.18. The highest BCUT2D eigenvalue weighted by molar-refractivity contribution is 7.13. The lowest BCUT2D eigenvalue weighted by Gasteiger charge is -2.24. The predicted molar refractivity (Wildman–Crippen MR) is 112 cm³/mol. The van der Waals surface area contributed by atoms with Crippen LogP contribution in [0.3, 0.4) is 0 Å². The fourth-order valence-corrected chi connectivity index (χ4v) is 2.95. The van der Waals surface area contributed by atoms with Crippen LogP contribution < -0.4 is 10.1 Å². The first-order valence-corrected chi connectivity index (χ1v) is 10.2. The summed E-state index contributed by atoms with van der Waals surface area (Å²) in [7, 11) is 3.86. The van der Waals surface area contributed by atoms with E-state index in [1.165, 1.54) is 11.3 Å². The molecule has 0 saturated heterocycles. The molecule has 0 bridgehead atoms. The molecule has 0 aliphatic heterocycles. The summed E-state index contributed by atoms with van der Waals surface area (Å²) in [5.41, 5.74) is 0.531. The summed E-state index contributed by atoms with van der Waals surface area (Å²) >= 11 is 1.34. The number of hydrogen-bond acceptors (Lipinski definition) is 6. The Morgan fingerprint density at radius 1 is 1.18 bits per heavy atom. The van der Waals surface area contributed by atoms with Crippen LogP contribution in [0.25, 0.3) is 0 Å². The van der Waals surface area contributed by atoms with Crippen molar-refractivity contribution in [1.29, 1.82) is 0 Å². The zero-order valence-corrected chi connectivity index (χ0v) is 17.5. The van der Waals surface area contributed by atoms with Gasteiger partial charge in [0.05, 0.1) is 6.61 Å². The third kappa shape index (κ3) is 7.28. The van der Waals surface area contributed by atoms with Gasteiger partial charge in [0.1, 0.15) is 12.3 Å². The SMILES string of the molecule is CCCCOc1ccc(C(=O)N(CCN(C)C)CC(=O)Nc2nccs2)cc1. The Bertz CT molecular complexity index is 732. The zero-order chi connectivity index (χ0) is 20.4. The van der Waals surface area contributed by atoms with Crippen molar-refractivity contribution in [2.45, 2.75) is 19.8 Å². The van der Waals surface area contributed by atoms with Crippen LogP contribution in [0.2, 0.25) is 0 Å². The molecule has 152 valence electrons. The second-order valence-corrected chi connectivity index (χ2v) is 7.54. The Morgan fingerprint density at radius 2 is 1.93 bits per heavy atom. The number of hydrogen-bond donors (Lipinski definition) is 1. The highest BCUT2D eigenvalue weighted by Crippen LogP contribution is 2.15. The second kappa shape index (κ2) is 11.4. The van der Waals surface area contributed by atoms with E-state index in [9.17, 15) is 9.59 Å². The maximum atomic E-state index is 12.9. The number of likely N-dealkylation sites (N-methyl/N-ethyl adjacent to an activating group) is 1. The first kappa shape index (κ1) is 21.8. The van der Waals surface area contributed by atoms with Crippen LogP contribution >= 0.6 is 11.3 Å². The summed E-state index contributed by atoms with van der Waals surface area (Å²) in [5.74, 6) is 0.296. The molecule has 8 heteroatoms. The second-order valence-electron chi connectivity index (χ2n) is 6.64. The minimum absolute atomic E-state index is 0.0268. The lowest BCUT2D eigenvalue weighted by Crippen LogP contribution is -2.41. The van der Waals surface area contributed by atoms with E-state index in [-0.39, 0.29) is 18.4 Å². The summed E-state index contributed by atoms with van der Waals surface area (Å²) in [6, 6.07) is 7.07. The molecule has 0 aliphatic carbocycles. The fourth-order valence-electron chi connectivity index (χ4n) is 2.40. The zero-order valence-electron chi connectivity index (χ0n) is 16.7. The molecule has 1 aromatic heterocycles. The largest absolute Gasteiger partial charge is 0.494 e. The van der Waals surface area contributed by atoms with Gasteiger partial charge in [-0.3, -0.25) is 9.59 Å². The smallest absolute Gasteiger partial charge is 0.254 e. The molecule has 0 saturated carbocycles. The van der Waals surface area contributed by atoms with Crippen LogP contribution in [0.1, 0.15) is 30.1 Å². The standard InChI is InChI=1S/C20H28N4O3S/c1-4-5-13-27-17-8-6-16(7-9-17)19(26)24(12-11-23(2)3)15-18(25)22-20-21-10-14-28-20/h6-10,14H,4-5,11-13,15H2,1-3H3,(H,21,22,25). The Morgan fingerprint density at radius 3 is 2.54 bits per heavy atom. The van der Waals surface area contributed by atoms with Gasteiger partial charge in [-0.25, -0.2) is 4.98 Å². The first-order valence-electron chi connectivity index (χ1n) is 9.35. The van der Waals surface area contributed by atoms with E-state index in [1.807, 2.05) is 19.0 Å². The van der Waals surface area contributed by atoms with E-state index in [0.29, 0.717) is 30.4 Å². The van der Waals surface area contributed by atoms with E-state index in [2.05, 4.69) is 17.2 Å². The minimum Gasteiger partial charge on any atom is -0.494 e. The fraction of sp³-hybridized carbons (Fsp3) is 0.450. The third-order valence-electron chi connectivity index (χ3n) is 3.99. The molecule has 0 fully saturated rings. The highest BCUT2D eigenvalue weighted by Gasteiger charge is 2.19. The van der Waals surface area contributed by atoms with E-state index >= 15 is 0 Å². The Hall–Kier alpha value is -2.45. The highest BCUT2D eigenvalue weighted by atomic mass is 32.1. The van der Waals surface area contributed by atoms with Crippen molar-refractivity contribution in [2.24, 2.45) is 0 Å². The van der Waals surface area contributed by atoms with Gasteiger partial charge >= 0.3 is 0 Å². The van der Waals surface area contributed by atoms with Crippen molar-refractivity contribution >= 4 is 28.3 Å². The number of nitrogens with zero attached hydrogens (tertiary/aromatic N) is 3. The lowest BCUT2D eigenvalue weighted by molar-refractivity contribution is -0.116. The minimum atomic E-state index is -0.262. The van der Waals surface area contributed by atoms with Gasteiger partial charge in [0.2, 0.25) is 5.91 Å². The third-order valence-corrected chi connectivity index (χ3v) is 4.67. The molecule has 1 aromatic carbocycles. The number of anilines is 1. The molecule has 1 heterocycles. The van der Waals surface area contributed by atoms with Gasteiger partial charge in [0.15, 0.2) is 5.13 Å². The van der Waals surface area contributed by atoms with Crippen molar-refractivity contribution in [3.8, 4) is 5.75 Å². The van der Waals surface area contributed by atoms with Crippen molar-refractivity contribution in [3.63, 3.8) is 0 Å². The number of aromatic nitrogens is 1. The number of benzene rings is 1. The van der Waals surface area contributed by atoms with Crippen LogP contribution in [0.5, 0.6) is 5.75 Å². The number of nitrogens with one attached hydrogen (secondary N) is 1. The molecule has 0 unspecified atom stereocenters. The lowest BCUT2D eigenvalue weighted by atomic mass is 10.2. The molecule has 2 aromatic rings. The van der Waals surface area contributed by atoms with Gasteiger partial charge in [-0.1, -0.05) is 13.3 Å². The van der Waals surface area contributed by atoms with Crippen LogP contribution in [0.4, 0.5) is 5.13 Å². The Kier molecular flexibility index (Phi) is 8.90. The maximum absolute atomic E-state index is 12.9. The summed E-state index contributed by atoms with van der Waals surface area (Å²) in [6.45, 7) is 3.86. The molecule has 28 heavy (non-hydrogen) atoms. The Balaban J connectivity index is 2.02. The van der Waals surface area contributed by atoms with Crippen LogP contribution in [0.15, 0.2) is 35.8 Å². The number of thiazole rings is 1. The molecule has 2 rings (SSSR count). The maximum Gasteiger partial charge on any atom is 0.254 e. The van der Waals surface area contributed by atoms with E-state index in [4.69, 9.17) is 4.74 Å². The number of carbonyl (C=O) groups excluding carboxylic acids is 2. The van der Waals surface area contributed by atoms with Crippen molar-refractivity contribution in [2.75, 3.05) is 45.7 Å². The van der Waals surface area contributed by atoms with Crippen LogP contribution in [0, 0.1) is 0 Å². The topological polar surface area (TPSA) is 74.8 Å². The summed E-state index contributed by atoms with van der Waals surface area (Å²) in [6.07, 6.45) is 3.69. The molecule has 1 N–H and O–H groups in total. The number of carbonyl (C=O) groups is 2. The first-order chi connectivity index (χ1) is 13.5. The molecule has 7 nitrogen and oxygen atoms in total. The monoisotopic (exact) mass is 404 g/mol. The van der Waals surface area contributed by atoms with Crippen molar-refractivity contribution in [3.05, 3.63) is 41.4 Å². The van der Waals surface area contributed by atoms with E-state index in [0.717, 1.165) is 18.6 Å². The molecule has 2 amide bonds. The average molecular weight is 405 g/mol. The number of unbranched alkanes of at least 4 members (excludes halogenated alkanes) is 1. The van der Waals surface area contributed by atoms with Crippen molar-refractivity contribution < 1.29 is 14.3 Å². The normalized spacial score (nSPS) is 10.7. The number of ether oxygens (including phenoxy) is 1. The number of amides is 2. The van der Waals surface area contributed by atoms with Crippen LogP contribution in [-0.2, 0) is 4.79 Å². The molecule has 0 aliphatic rings. The van der Waals surface area contributed by atoms with Crippen LogP contribution in [-0.4, -0.2) is 66.9 Å². The molecule has 0 spiro atoms. The van der Waals surface area contributed by atoms with Gasteiger partial charge in [-0.15, -0.1) is 11.3 Å². The summed E-state index contributed by atoms with van der Waals surface area (Å²) in [4.78, 5) is 32.8. The van der Waals surface area contributed by atoms with Gasteiger partial charge in [-0.2, -0.15) is 0 Å². The molecule has 0 atom stereocenters. The van der Waals surface area contributed by atoms with Crippen molar-refractivity contribution in [1.82, 2.24) is 14.8 Å². The summed E-state index contributed by atoms with van der Waals surface area (Å²) in [5, 5.41) is 5.04. The van der Waals surface area contributed by atoms with Gasteiger partial charge in [-0.05, 0) is 44.8 Å². The predicted octanol–water partition coefficient (Wildman–Crippen LogP) is 2.96. The van der Waals surface area contributed by atoms with Gasteiger partial charge < -0.3 is 19.9 Å². The number of rotatable bonds is 11. The summed E-state index contributed by atoms with van der Waals surface area (Å²) < 4.78 is 5.64. The van der Waals surface area contributed by atoms with Gasteiger partial charge in [0, 0.05) is 30.2 Å². The molecular weight excluding hydrogens is 376 g/mol. The Labute approximate surface area is 170 Å². The molecule has 0 radical (unpaired) electrons. The molecular formula is C20H28N4O3S. The van der Waals surface area contributed by atoms with E-state index < -0.39 is 0 Å². The van der Waals surface area contributed by atoms with Gasteiger partial charge in [0.25, 0.3) is 5.91 Å².